The largest absolute Gasteiger partial charge is 0.387 e. The highest BCUT2D eigenvalue weighted by Crippen LogP contribution is 2.10. The number of aliphatic hydroxyl groups excluding tert-OH is 1. The van der Waals surface area contributed by atoms with Gasteiger partial charge in [0, 0.05) is 13.1 Å². The van der Waals surface area contributed by atoms with Gasteiger partial charge in [0.25, 0.3) is 0 Å². The summed E-state index contributed by atoms with van der Waals surface area (Å²) in [6.07, 6.45) is -0.637. The average molecular weight is 244 g/mol. The van der Waals surface area contributed by atoms with Gasteiger partial charge in [-0.2, -0.15) is 0 Å². The molecule has 0 spiro atoms. The van der Waals surface area contributed by atoms with Gasteiger partial charge in [0.15, 0.2) is 0 Å². The third kappa shape index (κ3) is 5.22. The molecule has 0 bridgehead atoms. The molecule has 1 aromatic carbocycles. The molecule has 0 aliphatic carbocycles. The van der Waals surface area contributed by atoms with Crippen molar-refractivity contribution in [3.05, 3.63) is 35.9 Å². The minimum Gasteiger partial charge on any atom is -0.387 e. The summed E-state index contributed by atoms with van der Waals surface area (Å²) < 4.78 is 21.2. The number of hydrogen-bond donors (Lipinski definition) is 3. The first-order chi connectivity index (χ1) is 7.49. The van der Waals surface area contributed by atoms with E-state index in [2.05, 4.69) is 5.32 Å². The molecule has 1 aromatic rings. The van der Waals surface area contributed by atoms with E-state index in [9.17, 15) is 13.5 Å². The van der Waals surface area contributed by atoms with Gasteiger partial charge >= 0.3 is 0 Å². The number of hydrogen-bond acceptors (Lipinski definition) is 4. The Morgan fingerprint density at radius 1 is 1.31 bits per heavy atom. The van der Waals surface area contributed by atoms with Crippen LogP contribution in [0, 0.1) is 0 Å². The Labute approximate surface area is 95.3 Å². The number of primary sulfonamides is 1. The van der Waals surface area contributed by atoms with E-state index in [4.69, 9.17) is 5.14 Å². The van der Waals surface area contributed by atoms with E-state index >= 15 is 0 Å². The first-order valence-corrected chi connectivity index (χ1v) is 6.65. The third-order valence-electron chi connectivity index (χ3n) is 2.09. The average Bonchev–Trinajstić information content (AvgIpc) is 2.24. The molecule has 0 aromatic heterocycles. The molecule has 90 valence electrons. The fraction of sp³-hybridized carbons (Fsp3) is 0.400. The van der Waals surface area contributed by atoms with Gasteiger partial charge in [-0.15, -0.1) is 0 Å². The van der Waals surface area contributed by atoms with Gasteiger partial charge in [-0.25, -0.2) is 13.6 Å². The zero-order valence-electron chi connectivity index (χ0n) is 8.83. The number of nitrogens with one attached hydrogen (secondary N) is 1. The number of aliphatic hydroxyl groups is 1. The molecular formula is C10H16N2O3S. The van der Waals surface area contributed by atoms with Crippen LogP contribution in [0.2, 0.25) is 0 Å². The maximum atomic E-state index is 10.6. The van der Waals surface area contributed by atoms with Crippen molar-refractivity contribution < 1.29 is 13.5 Å². The minimum absolute atomic E-state index is 0.130. The van der Waals surface area contributed by atoms with E-state index in [1.807, 2.05) is 30.3 Å². The summed E-state index contributed by atoms with van der Waals surface area (Å²) in [6, 6.07) is 9.16. The standard InChI is InChI=1S/C10H16N2O3S/c11-16(14,15)7-6-12-8-10(13)9-4-2-1-3-5-9/h1-5,10,12-13H,6-8H2,(H2,11,14,15). The molecule has 1 unspecified atom stereocenters. The second-order valence-electron chi connectivity index (χ2n) is 3.50. The van der Waals surface area contributed by atoms with Crippen molar-refractivity contribution in [1.82, 2.24) is 5.32 Å². The molecule has 5 nitrogen and oxygen atoms in total. The Bertz CT molecular complexity index is 405. The molecule has 0 amide bonds. The van der Waals surface area contributed by atoms with Crippen LogP contribution in [-0.4, -0.2) is 32.4 Å². The highest BCUT2D eigenvalue weighted by atomic mass is 32.2. The van der Waals surface area contributed by atoms with Crippen molar-refractivity contribution in [3.8, 4) is 0 Å². The molecule has 0 heterocycles. The molecule has 0 saturated heterocycles. The van der Waals surface area contributed by atoms with E-state index in [0.29, 0.717) is 6.54 Å². The lowest BCUT2D eigenvalue weighted by atomic mass is 10.1. The quantitative estimate of drug-likeness (QED) is 0.594. The van der Waals surface area contributed by atoms with E-state index < -0.39 is 16.1 Å². The zero-order chi connectivity index (χ0) is 12.0. The third-order valence-corrected chi connectivity index (χ3v) is 2.86. The SMILES string of the molecule is NS(=O)(=O)CCNCC(O)c1ccccc1. The molecular weight excluding hydrogens is 228 g/mol. The number of benzene rings is 1. The molecule has 1 rings (SSSR count). The van der Waals surface area contributed by atoms with E-state index in [1.54, 1.807) is 0 Å². The van der Waals surface area contributed by atoms with Crippen molar-refractivity contribution in [3.63, 3.8) is 0 Å². The van der Waals surface area contributed by atoms with Crippen LogP contribution >= 0.6 is 0 Å². The minimum atomic E-state index is -3.43. The lowest BCUT2D eigenvalue weighted by Crippen LogP contribution is -2.29. The molecule has 0 aliphatic heterocycles. The van der Waals surface area contributed by atoms with Crippen molar-refractivity contribution in [2.24, 2.45) is 5.14 Å². The molecule has 1 atom stereocenters. The van der Waals surface area contributed by atoms with E-state index in [-0.39, 0.29) is 12.3 Å². The van der Waals surface area contributed by atoms with Crippen molar-refractivity contribution in [2.75, 3.05) is 18.8 Å². The summed E-state index contributed by atoms with van der Waals surface area (Å²) in [6.45, 7) is 0.544. The molecule has 16 heavy (non-hydrogen) atoms. The van der Waals surface area contributed by atoms with E-state index in [1.165, 1.54) is 0 Å². The monoisotopic (exact) mass is 244 g/mol. The summed E-state index contributed by atoms with van der Waals surface area (Å²) in [5, 5.41) is 17.4. The van der Waals surface area contributed by atoms with Crippen molar-refractivity contribution >= 4 is 10.0 Å². The van der Waals surface area contributed by atoms with Gasteiger partial charge in [0.1, 0.15) is 0 Å². The van der Waals surface area contributed by atoms with Gasteiger partial charge in [-0.1, -0.05) is 30.3 Å². The molecule has 4 N–H and O–H groups in total. The van der Waals surface area contributed by atoms with Gasteiger partial charge < -0.3 is 10.4 Å². The summed E-state index contributed by atoms with van der Waals surface area (Å²) >= 11 is 0. The number of nitrogens with two attached hydrogens (primary N) is 1. The first kappa shape index (κ1) is 13.1. The van der Waals surface area contributed by atoms with Crippen molar-refractivity contribution in [1.29, 1.82) is 0 Å². The predicted molar refractivity (Wildman–Crippen MR) is 62.2 cm³/mol. The van der Waals surface area contributed by atoms with Gasteiger partial charge in [0.05, 0.1) is 11.9 Å². The Balaban J connectivity index is 2.29. The second kappa shape index (κ2) is 5.95. The first-order valence-electron chi connectivity index (χ1n) is 4.93. The maximum Gasteiger partial charge on any atom is 0.210 e. The normalized spacial score (nSPS) is 13.6. The number of rotatable bonds is 6. The van der Waals surface area contributed by atoms with Crippen LogP contribution in [0.4, 0.5) is 0 Å². The second-order valence-corrected chi connectivity index (χ2v) is 5.23. The van der Waals surface area contributed by atoms with Crippen LogP contribution < -0.4 is 10.5 Å². The zero-order valence-corrected chi connectivity index (χ0v) is 9.65. The molecule has 0 saturated carbocycles. The van der Waals surface area contributed by atoms with Crippen molar-refractivity contribution in [2.45, 2.75) is 6.10 Å². The molecule has 0 aliphatic rings. The Morgan fingerprint density at radius 2 is 1.94 bits per heavy atom. The number of sulfonamides is 1. The van der Waals surface area contributed by atoms with Crippen LogP contribution in [-0.2, 0) is 10.0 Å². The summed E-state index contributed by atoms with van der Waals surface area (Å²) in [4.78, 5) is 0. The summed E-state index contributed by atoms with van der Waals surface area (Å²) in [5.41, 5.74) is 0.797. The fourth-order valence-electron chi connectivity index (χ4n) is 1.25. The lowest BCUT2D eigenvalue weighted by Gasteiger charge is -2.11. The highest BCUT2D eigenvalue weighted by molar-refractivity contribution is 7.89. The summed E-state index contributed by atoms with van der Waals surface area (Å²) in [5.74, 6) is -0.130. The molecule has 0 fully saturated rings. The highest BCUT2D eigenvalue weighted by Gasteiger charge is 2.07. The van der Waals surface area contributed by atoms with Crippen LogP contribution in [0.3, 0.4) is 0 Å². The van der Waals surface area contributed by atoms with E-state index in [0.717, 1.165) is 5.56 Å². The fourth-order valence-corrected chi connectivity index (χ4v) is 1.68. The Kier molecular flexibility index (Phi) is 4.88. The van der Waals surface area contributed by atoms with Gasteiger partial charge in [-0.3, -0.25) is 0 Å². The molecule has 6 heteroatoms. The Morgan fingerprint density at radius 3 is 2.50 bits per heavy atom. The van der Waals surface area contributed by atoms with Gasteiger partial charge in [-0.05, 0) is 5.56 Å². The predicted octanol–water partition coefficient (Wildman–Crippen LogP) is -0.402. The maximum absolute atomic E-state index is 10.6. The van der Waals surface area contributed by atoms with Crippen LogP contribution in [0.1, 0.15) is 11.7 Å². The lowest BCUT2D eigenvalue weighted by molar-refractivity contribution is 0.175. The molecule has 0 radical (unpaired) electrons. The topological polar surface area (TPSA) is 92.4 Å². The Hall–Kier alpha value is -0.950. The van der Waals surface area contributed by atoms with Crippen LogP contribution in [0.25, 0.3) is 0 Å². The van der Waals surface area contributed by atoms with Crippen LogP contribution in [0.15, 0.2) is 30.3 Å². The summed E-state index contributed by atoms with van der Waals surface area (Å²) in [7, 11) is -3.43. The van der Waals surface area contributed by atoms with Crippen LogP contribution in [0.5, 0.6) is 0 Å². The van der Waals surface area contributed by atoms with Gasteiger partial charge in [0.2, 0.25) is 10.0 Å². The smallest absolute Gasteiger partial charge is 0.210 e.